The fourth-order valence-electron chi connectivity index (χ4n) is 5.35. The van der Waals surface area contributed by atoms with E-state index in [2.05, 4.69) is 133 Å². The molecule has 6 rings (SSSR count). The van der Waals surface area contributed by atoms with Crippen molar-refractivity contribution in [1.82, 2.24) is 0 Å². The predicted octanol–water partition coefficient (Wildman–Crippen LogP) is 11.0. The van der Waals surface area contributed by atoms with Crippen LogP contribution in [-0.4, -0.2) is 12.6 Å². The van der Waals surface area contributed by atoms with Crippen LogP contribution in [0.4, 0.5) is 34.1 Å². The Hall–Kier alpha value is -6.00. The molecule has 0 unspecified atom stereocenters. The van der Waals surface area contributed by atoms with Gasteiger partial charge in [-0.25, -0.2) is 0 Å². The van der Waals surface area contributed by atoms with Gasteiger partial charge >= 0.3 is 0 Å². The van der Waals surface area contributed by atoms with Crippen molar-refractivity contribution in [2.75, 3.05) is 9.80 Å². The molecule has 224 valence electrons. The van der Waals surface area contributed by atoms with E-state index in [1.165, 1.54) is 11.1 Å². The van der Waals surface area contributed by atoms with Gasteiger partial charge in [-0.05, 0) is 122 Å². The number of hydrogen-bond acceptors (Lipinski definition) is 4. The second kappa shape index (κ2) is 13.7. The lowest BCUT2D eigenvalue weighted by atomic mass is 10.1. The zero-order valence-electron chi connectivity index (χ0n) is 25.9. The molecule has 0 bridgehead atoms. The van der Waals surface area contributed by atoms with Gasteiger partial charge < -0.3 is 9.80 Å². The minimum atomic E-state index is 0.650. The Morgan fingerprint density at radius 2 is 0.543 bits per heavy atom. The summed E-state index contributed by atoms with van der Waals surface area (Å²) in [6, 6.07) is 49.1. The molecule has 0 spiro atoms. The van der Waals surface area contributed by atoms with Gasteiger partial charge in [0.15, 0.2) is 0 Å². The minimum absolute atomic E-state index is 0.650. The number of aryl methyl sites for hydroxylation is 2. The Bertz CT molecular complexity index is 1790. The molecule has 0 fully saturated rings. The summed E-state index contributed by atoms with van der Waals surface area (Å²) in [5.74, 6) is 0. The lowest BCUT2D eigenvalue weighted by Gasteiger charge is -2.26. The van der Waals surface area contributed by atoms with Crippen LogP contribution in [0.5, 0.6) is 0 Å². The molecule has 0 aliphatic rings. The monoisotopic (exact) mass is 598 g/mol. The second-order valence-corrected chi connectivity index (χ2v) is 11.3. The fraction of sp³-hybridized carbons (Fsp3) is 0.0476. The van der Waals surface area contributed by atoms with Gasteiger partial charge in [0, 0.05) is 45.3 Å². The van der Waals surface area contributed by atoms with Crippen molar-refractivity contribution in [2.45, 2.75) is 13.8 Å². The Kier molecular flexibility index (Phi) is 8.98. The van der Waals surface area contributed by atoms with Gasteiger partial charge in [0.25, 0.3) is 0 Å². The average Bonchev–Trinajstić information content (AvgIpc) is 3.11. The highest BCUT2D eigenvalue weighted by molar-refractivity contribution is 5.83. The minimum Gasteiger partial charge on any atom is -0.311 e. The van der Waals surface area contributed by atoms with Crippen LogP contribution in [0.1, 0.15) is 43.0 Å². The SMILES string of the molecule is Cc1ccc(N(c2ccc(C=O)cc2)c2ccc(C=Cc3ccc(N(c4ccc(C)cc4)c4ccc(C=O)cc4)cc3)cc2)cc1. The van der Waals surface area contributed by atoms with Crippen LogP contribution in [-0.2, 0) is 0 Å². The Morgan fingerprint density at radius 1 is 0.326 bits per heavy atom. The highest BCUT2D eigenvalue weighted by Gasteiger charge is 2.14. The van der Waals surface area contributed by atoms with E-state index in [1.54, 1.807) is 0 Å². The summed E-state index contributed by atoms with van der Waals surface area (Å²) >= 11 is 0. The van der Waals surface area contributed by atoms with Crippen LogP contribution in [0.3, 0.4) is 0 Å². The van der Waals surface area contributed by atoms with Gasteiger partial charge in [-0.2, -0.15) is 0 Å². The maximum Gasteiger partial charge on any atom is 0.150 e. The molecule has 6 aromatic carbocycles. The molecule has 4 heteroatoms. The first-order chi connectivity index (χ1) is 22.5. The quantitative estimate of drug-likeness (QED) is 0.116. The van der Waals surface area contributed by atoms with Crippen LogP contribution in [0, 0.1) is 13.8 Å². The molecule has 0 heterocycles. The topological polar surface area (TPSA) is 40.6 Å². The summed E-state index contributed by atoms with van der Waals surface area (Å²) in [5, 5.41) is 0. The third-order valence-corrected chi connectivity index (χ3v) is 7.93. The van der Waals surface area contributed by atoms with Gasteiger partial charge in [0.1, 0.15) is 12.6 Å². The Morgan fingerprint density at radius 3 is 0.783 bits per heavy atom. The normalized spacial score (nSPS) is 10.9. The molecular weight excluding hydrogens is 564 g/mol. The summed E-state index contributed by atoms with van der Waals surface area (Å²) < 4.78 is 0. The van der Waals surface area contributed by atoms with Crippen molar-refractivity contribution in [1.29, 1.82) is 0 Å². The lowest BCUT2D eigenvalue weighted by Crippen LogP contribution is -2.10. The van der Waals surface area contributed by atoms with E-state index in [0.717, 1.165) is 57.8 Å². The van der Waals surface area contributed by atoms with Crippen molar-refractivity contribution < 1.29 is 9.59 Å². The van der Waals surface area contributed by atoms with Crippen LogP contribution in [0.2, 0.25) is 0 Å². The molecule has 4 nitrogen and oxygen atoms in total. The number of anilines is 6. The molecule has 0 amide bonds. The highest BCUT2D eigenvalue weighted by atomic mass is 16.1. The van der Waals surface area contributed by atoms with Crippen LogP contribution in [0.15, 0.2) is 146 Å². The lowest BCUT2D eigenvalue weighted by molar-refractivity contribution is 0.111. The smallest absolute Gasteiger partial charge is 0.150 e. The van der Waals surface area contributed by atoms with E-state index in [0.29, 0.717) is 11.1 Å². The Balaban J connectivity index is 1.24. The first-order valence-corrected chi connectivity index (χ1v) is 15.2. The molecule has 0 aliphatic carbocycles. The van der Waals surface area contributed by atoms with E-state index in [-0.39, 0.29) is 0 Å². The van der Waals surface area contributed by atoms with Crippen LogP contribution < -0.4 is 9.80 Å². The van der Waals surface area contributed by atoms with Gasteiger partial charge in [-0.1, -0.05) is 71.8 Å². The number of aldehydes is 2. The number of rotatable bonds is 10. The number of carbonyl (C=O) groups is 2. The first kappa shape index (κ1) is 30.0. The molecule has 0 N–H and O–H groups in total. The summed E-state index contributed by atoms with van der Waals surface area (Å²) in [7, 11) is 0. The third-order valence-electron chi connectivity index (χ3n) is 7.93. The molecule has 0 aliphatic heterocycles. The number of hydrogen-bond donors (Lipinski definition) is 0. The highest BCUT2D eigenvalue weighted by Crippen LogP contribution is 2.36. The van der Waals surface area contributed by atoms with E-state index >= 15 is 0 Å². The van der Waals surface area contributed by atoms with Crippen molar-refractivity contribution in [3.8, 4) is 0 Å². The van der Waals surface area contributed by atoms with Crippen molar-refractivity contribution in [2.24, 2.45) is 0 Å². The van der Waals surface area contributed by atoms with E-state index in [9.17, 15) is 9.59 Å². The summed E-state index contributed by atoms with van der Waals surface area (Å²) in [6.45, 7) is 4.16. The average molecular weight is 599 g/mol. The maximum atomic E-state index is 11.2. The number of benzene rings is 6. The number of nitrogens with zero attached hydrogens (tertiary/aromatic N) is 2. The molecule has 0 saturated carbocycles. The van der Waals surface area contributed by atoms with Crippen molar-refractivity contribution >= 4 is 58.8 Å². The molecule has 0 aromatic heterocycles. The molecule has 0 saturated heterocycles. The predicted molar refractivity (Wildman–Crippen MR) is 191 cm³/mol. The summed E-state index contributed by atoms with van der Waals surface area (Å²) in [4.78, 5) is 26.8. The first-order valence-electron chi connectivity index (χ1n) is 15.2. The van der Waals surface area contributed by atoms with Crippen LogP contribution >= 0.6 is 0 Å². The molecule has 0 atom stereocenters. The zero-order valence-corrected chi connectivity index (χ0v) is 25.9. The van der Waals surface area contributed by atoms with Gasteiger partial charge in [0.2, 0.25) is 0 Å². The fourth-order valence-corrected chi connectivity index (χ4v) is 5.35. The van der Waals surface area contributed by atoms with E-state index < -0.39 is 0 Å². The van der Waals surface area contributed by atoms with E-state index in [1.807, 2.05) is 48.5 Å². The molecule has 46 heavy (non-hydrogen) atoms. The van der Waals surface area contributed by atoms with Crippen molar-refractivity contribution in [3.63, 3.8) is 0 Å². The van der Waals surface area contributed by atoms with Crippen molar-refractivity contribution in [3.05, 3.63) is 179 Å². The van der Waals surface area contributed by atoms with Gasteiger partial charge in [0.05, 0.1) is 0 Å². The molecular formula is C42H34N2O2. The maximum absolute atomic E-state index is 11.2. The summed E-state index contributed by atoms with van der Waals surface area (Å²) in [6.07, 6.45) is 5.96. The third kappa shape index (κ3) is 6.87. The van der Waals surface area contributed by atoms with Gasteiger partial charge in [-0.15, -0.1) is 0 Å². The van der Waals surface area contributed by atoms with Gasteiger partial charge in [-0.3, -0.25) is 9.59 Å². The number of carbonyl (C=O) groups excluding carboxylic acids is 2. The Labute approximate surface area is 270 Å². The standard InChI is InChI=1S/C42H34N2O2/c1-31-3-17-37(18-4-31)43(41-25-13-35(29-45)14-26-41)39-21-9-33(10-22-39)7-8-34-11-23-40(24-12-34)44(38-19-5-32(2)6-20-38)42-27-15-36(30-46)16-28-42/h3-30H,1-2H3. The van der Waals surface area contributed by atoms with Crippen LogP contribution in [0.25, 0.3) is 12.2 Å². The largest absolute Gasteiger partial charge is 0.311 e. The van der Waals surface area contributed by atoms with E-state index in [4.69, 9.17) is 0 Å². The molecule has 0 radical (unpaired) electrons. The zero-order chi connectivity index (χ0) is 31.9. The second-order valence-electron chi connectivity index (χ2n) is 11.3. The molecule has 6 aromatic rings. The summed E-state index contributed by atoms with van der Waals surface area (Å²) in [5.41, 5.74) is 12.0.